The summed E-state index contributed by atoms with van der Waals surface area (Å²) in [4.78, 5) is 42.8. The van der Waals surface area contributed by atoms with Crippen molar-refractivity contribution in [1.82, 2.24) is 10.2 Å². The van der Waals surface area contributed by atoms with E-state index in [0.717, 1.165) is 10.8 Å². The van der Waals surface area contributed by atoms with Gasteiger partial charge in [-0.25, -0.2) is 4.79 Å². The Kier molecular flexibility index (Phi) is 9.92. The maximum absolute atomic E-state index is 14.4. The first-order valence-corrected chi connectivity index (χ1v) is 14.4. The highest BCUT2D eigenvalue weighted by Crippen LogP contribution is 2.28. The zero-order valence-corrected chi connectivity index (χ0v) is 25.3. The molecule has 0 spiro atoms. The van der Waals surface area contributed by atoms with Crippen molar-refractivity contribution in [2.45, 2.75) is 51.8 Å². The van der Waals surface area contributed by atoms with Gasteiger partial charge in [0.05, 0.1) is 0 Å². The van der Waals surface area contributed by atoms with E-state index in [1.807, 2.05) is 36.4 Å². The second-order valence-electron chi connectivity index (χ2n) is 11.4. The fourth-order valence-corrected chi connectivity index (χ4v) is 4.98. The summed E-state index contributed by atoms with van der Waals surface area (Å²) in [7, 11) is 0. The van der Waals surface area contributed by atoms with Gasteiger partial charge in [0.15, 0.2) is 0 Å². The monoisotopic (exact) mass is 591 g/mol. The van der Waals surface area contributed by atoms with Gasteiger partial charge < -0.3 is 25.4 Å². The molecule has 0 fully saturated rings. The first kappa shape index (κ1) is 31.6. The molecule has 0 aliphatic carbocycles. The number of amides is 3. The predicted octanol–water partition coefficient (Wildman–Crippen LogP) is 6.19. The molecule has 4 rings (SSSR count). The summed E-state index contributed by atoms with van der Waals surface area (Å²) in [6.07, 6.45) is 5.16. The van der Waals surface area contributed by atoms with Gasteiger partial charge in [-0.15, -0.1) is 6.42 Å². The average Bonchev–Trinajstić information content (AvgIpc) is 2.99. The lowest BCUT2D eigenvalue weighted by Gasteiger charge is -2.34. The molecule has 3 N–H and O–H groups in total. The number of ether oxygens (including phenoxy) is 1. The van der Waals surface area contributed by atoms with Crippen molar-refractivity contribution < 1.29 is 24.2 Å². The molecule has 0 bridgehead atoms. The minimum atomic E-state index is -1.12. The number of anilines is 1. The Hall–Kier alpha value is -5.29. The number of phenolic OH excluding ortho intramolecular Hbond substituents is 1. The van der Waals surface area contributed by atoms with Crippen LogP contribution in [-0.4, -0.2) is 46.1 Å². The van der Waals surface area contributed by atoms with Crippen molar-refractivity contribution in [3.05, 3.63) is 108 Å². The van der Waals surface area contributed by atoms with Crippen molar-refractivity contribution in [1.29, 1.82) is 0 Å². The van der Waals surface area contributed by atoms with Crippen molar-refractivity contribution in [3.63, 3.8) is 0 Å². The highest BCUT2D eigenvalue weighted by atomic mass is 16.6. The summed E-state index contributed by atoms with van der Waals surface area (Å²) in [5.74, 6) is 1.75. The van der Waals surface area contributed by atoms with Crippen LogP contribution in [0, 0.1) is 12.3 Å². The van der Waals surface area contributed by atoms with Gasteiger partial charge in [-0.1, -0.05) is 66.6 Å². The zero-order chi connectivity index (χ0) is 31.9. The summed E-state index contributed by atoms with van der Waals surface area (Å²) in [5, 5.41) is 17.4. The number of phenols is 1. The quantitative estimate of drug-likeness (QED) is 0.201. The van der Waals surface area contributed by atoms with Crippen LogP contribution in [0.1, 0.15) is 50.4 Å². The van der Waals surface area contributed by atoms with Gasteiger partial charge in [-0.05, 0) is 79.9 Å². The number of rotatable bonds is 9. The van der Waals surface area contributed by atoms with Crippen LogP contribution < -0.4 is 10.6 Å². The van der Waals surface area contributed by atoms with Crippen LogP contribution in [0.25, 0.3) is 10.8 Å². The molecule has 2 atom stereocenters. The van der Waals surface area contributed by atoms with E-state index in [1.165, 1.54) is 17.0 Å². The van der Waals surface area contributed by atoms with E-state index < -0.39 is 35.6 Å². The Morgan fingerprint density at radius 3 is 2.25 bits per heavy atom. The smallest absolute Gasteiger partial charge is 0.408 e. The van der Waals surface area contributed by atoms with Gasteiger partial charge in [0.1, 0.15) is 23.4 Å². The van der Waals surface area contributed by atoms with Crippen LogP contribution in [0.15, 0.2) is 91.0 Å². The normalized spacial score (nSPS) is 12.4. The minimum absolute atomic E-state index is 0.0724. The molecule has 4 aromatic rings. The number of alkyl carbamates (subject to hydrolysis) is 1. The summed E-state index contributed by atoms with van der Waals surface area (Å²) in [6, 6.07) is 24.5. The number of nitrogens with one attached hydrogen (secondary N) is 2. The third-order valence-corrected chi connectivity index (χ3v) is 6.98. The first-order valence-electron chi connectivity index (χ1n) is 14.4. The van der Waals surface area contributed by atoms with E-state index in [1.54, 1.807) is 70.2 Å². The second-order valence-corrected chi connectivity index (χ2v) is 11.4. The number of nitrogens with zero attached hydrogens (tertiary/aromatic N) is 1. The molecule has 3 amide bonds. The van der Waals surface area contributed by atoms with E-state index in [0.29, 0.717) is 22.4 Å². The van der Waals surface area contributed by atoms with Crippen molar-refractivity contribution in [2.24, 2.45) is 0 Å². The maximum atomic E-state index is 14.4. The molecule has 0 aliphatic heterocycles. The Balaban J connectivity index is 1.73. The van der Waals surface area contributed by atoms with Gasteiger partial charge in [0, 0.05) is 24.2 Å². The van der Waals surface area contributed by atoms with E-state index in [9.17, 15) is 19.5 Å². The van der Waals surface area contributed by atoms with E-state index >= 15 is 0 Å². The number of fused-ring (bicyclic) bond motifs is 1. The molecule has 0 radical (unpaired) electrons. The highest BCUT2D eigenvalue weighted by molar-refractivity contribution is 6.00. The van der Waals surface area contributed by atoms with E-state index in [2.05, 4.69) is 16.6 Å². The molecule has 0 saturated heterocycles. The van der Waals surface area contributed by atoms with Gasteiger partial charge in [0.2, 0.25) is 5.91 Å². The van der Waals surface area contributed by atoms with Crippen molar-refractivity contribution in [2.75, 3.05) is 11.9 Å². The molecular formula is C36H37N3O5. The topological polar surface area (TPSA) is 108 Å². The minimum Gasteiger partial charge on any atom is -0.508 e. The lowest BCUT2D eigenvalue weighted by molar-refractivity contribution is -0.140. The molecule has 226 valence electrons. The Labute approximate surface area is 258 Å². The molecule has 44 heavy (non-hydrogen) atoms. The number of aromatic hydroxyl groups is 1. The summed E-state index contributed by atoms with van der Waals surface area (Å²) in [5.41, 5.74) is 1.40. The largest absolute Gasteiger partial charge is 0.508 e. The number of hydrogen-bond acceptors (Lipinski definition) is 5. The summed E-state index contributed by atoms with van der Waals surface area (Å²) in [6.45, 7) is 7.08. The molecule has 0 heterocycles. The Morgan fingerprint density at radius 1 is 0.932 bits per heavy atom. The third kappa shape index (κ3) is 7.96. The molecule has 0 aromatic heterocycles. The highest BCUT2D eigenvalue weighted by Gasteiger charge is 2.36. The second kappa shape index (κ2) is 13.8. The van der Waals surface area contributed by atoms with Crippen molar-refractivity contribution >= 4 is 34.4 Å². The summed E-state index contributed by atoms with van der Waals surface area (Å²) < 4.78 is 5.47. The standard InChI is InChI=1S/C36H37N3O5/c1-6-25-12-10-11-15-30(25)32(33(41)37-28-19-18-26-13-8-9-14-27(26)23-28)39(7-2)34(42)31(38-35(43)44-36(3,4)5)22-24-16-20-29(40)21-17-24/h1,8-21,23,31-32,40H,7,22H2,2-5H3,(H,37,41)(H,38,43). The molecule has 4 aromatic carbocycles. The van der Waals surface area contributed by atoms with E-state index in [-0.39, 0.29) is 18.7 Å². The fourth-order valence-electron chi connectivity index (χ4n) is 4.98. The number of likely N-dealkylation sites (N-methyl/N-ethyl adjacent to an activating group) is 1. The van der Waals surface area contributed by atoms with Gasteiger partial charge in [-0.2, -0.15) is 0 Å². The van der Waals surface area contributed by atoms with Gasteiger partial charge in [0.25, 0.3) is 5.91 Å². The molecule has 8 heteroatoms. The van der Waals surface area contributed by atoms with Crippen LogP contribution in [0.3, 0.4) is 0 Å². The molecule has 2 unspecified atom stereocenters. The number of carbonyl (C=O) groups excluding carboxylic acids is 3. The summed E-state index contributed by atoms with van der Waals surface area (Å²) >= 11 is 0. The van der Waals surface area contributed by atoms with Gasteiger partial charge >= 0.3 is 6.09 Å². The van der Waals surface area contributed by atoms with E-state index in [4.69, 9.17) is 11.2 Å². The molecule has 0 aliphatic rings. The lowest BCUT2D eigenvalue weighted by atomic mass is 9.96. The Morgan fingerprint density at radius 2 is 1.59 bits per heavy atom. The SMILES string of the molecule is C#Cc1ccccc1C(C(=O)Nc1ccc2ccccc2c1)N(CC)C(=O)C(Cc1ccc(O)cc1)NC(=O)OC(C)(C)C. The van der Waals surface area contributed by atoms with Gasteiger partial charge in [-0.3, -0.25) is 9.59 Å². The van der Waals surface area contributed by atoms with Crippen LogP contribution in [0.5, 0.6) is 5.75 Å². The maximum Gasteiger partial charge on any atom is 0.408 e. The first-order chi connectivity index (χ1) is 21.0. The Bertz CT molecular complexity index is 1680. The number of hydrogen-bond donors (Lipinski definition) is 3. The fraction of sp³-hybridized carbons (Fsp3) is 0.250. The van der Waals surface area contributed by atoms with Crippen LogP contribution in [0.4, 0.5) is 10.5 Å². The number of terminal acetylenes is 1. The average molecular weight is 592 g/mol. The van der Waals surface area contributed by atoms with Crippen LogP contribution in [-0.2, 0) is 20.7 Å². The molecule has 8 nitrogen and oxygen atoms in total. The zero-order valence-electron chi connectivity index (χ0n) is 25.3. The molecule has 0 saturated carbocycles. The van der Waals surface area contributed by atoms with Crippen LogP contribution in [0.2, 0.25) is 0 Å². The lowest BCUT2D eigenvalue weighted by Crippen LogP contribution is -2.53. The third-order valence-electron chi connectivity index (χ3n) is 6.98. The molecular weight excluding hydrogens is 554 g/mol. The van der Waals surface area contributed by atoms with Crippen LogP contribution >= 0.6 is 0 Å². The van der Waals surface area contributed by atoms with Crippen molar-refractivity contribution in [3.8, 4) is 18.1 Å². The number of benzene rings is 4. The predicted molar refractivity (Wildman–Crippen MR) is 172 cm³/mol. The number of carbonyl (C=O) groups is 3.